The van der Waals surface area contributed by atoms with Gasteiger partial charge in [0.1, 0.15) is 0 Å². The van der Waals surface area contributed by atoms with Crippen molar-refractivity contribution >= 4 is 22.9 Å². The molecule has 2 aromatic rings. The maximum absolute atomic E-state index is 5.71. The Kier molecular flexibility index (Phi) is 2.33. The minimum Gasteiger partial charge on any atom is -0.267 e. The van der Waals surface area contributed by atoms with E-state index in [1.54, 1.807) is 6.20 Å². The summed E-state index contributed by atoms with van der Waals surface area (Å²) in [5.41, 5.74) is 1.16. The minimum absolute atomic E-state index is 0.582. The lowest BCUT2D eigenvalue weighted by Crippen LogP contribution is -1.97. The van der Waals surface area contributed by atoms with Crippen molar-refractivity contribution in [2.75, 3.05) is 0 Å². The van der Waals surface area contributed by atoms with Gasteiger partial charge in [-0.2, -0.15) is 5.10 Å². The Bertz CT molecular complexity index is 369. The summed E-state index contributed by atoms with van der Waals surface area (Å²) in [6, 6.07) is 0. The first-order valence-corrected chi connectivity index (χ1v) is 5.03. The first-order valence-electron chi connectivity index (χ1n) is 3.83. The Labute approximate surface area is 85.0 Å². The predicted molar refractivity (Wildman–Crippen MR) is 53.2 cm³/mol. The number of thiazole rings is 1. The molecule has 0 radical (unpaired) electrons. The van der Waals surface area contributed by atoms with Gasteiger partial charge in [-0.1, -0.05) is 11.6 Å². The summed E-state index contributed by atoms with van der Waals surface area (Å²) in [4.78, 5) is 5.08. The van der Waals surface area contributed by atoms with Gasteiger partial charge in [0.2, 0.25) is 0 Å². The van der Waals surface area contributed by atoms with Gasteiger partial charge in [-0.15, -0.1) is 11.3 Å². The Morgan fingerprint density at radius 3 is 2.92 bits per heavy atom. The highest BCUT2D eigenvalue weighted by molar-refractivity contribution is 7.15. The molecule has 0 aromatic carbocycles. The Morgan fingerprint density at radius 2 is 2.38 bits per heavy atom. The van der Waals surface area contributed by atoms with Crippen LogP contribution in [-0.2, 0) is 6.54 Å². The van der Waals surface area contributed by atoms with Crippen LogP contribution in [0.15, 0.2) is 18.6 Å². The van der Waals surface area contributed by atoms with Gasteiger partial charge < -0.3 is 0 Å². The molecular weight excluding hydrogens is 206 g/mol. The van der Waals surface area contributed by atoms with Crippen molar-refractivity contribution in [3.63, 3.8) is 0 Å². The molecule has 0 spiro atoms. The Morgan fingerprint density at radius 1 is 1.54 bits per heavy atom. The van der Waals surface area contributed by atoms with Gasteiger partial charge >= 0.3 is 0 Å². The molecule has 5 heteroatoms. The molecule has 0 amide bonds. The lowest BCUT2D eigenvalue weighted by atomic mass is 10.4. The monoisotopic (exact) mass is 213 g/mol. The average molecular weight is 214 g/mol. The largest absolute Gasteiger partial charge is 0.267 e. The molecular formula is C8H8ClN3S. The second kappa shape index (κ2) is 3.47. The second-order valence-corrected chi connectivity index (χ2v) is 4.49. The zero-order valence-electron chi connectivity index (χ0n) is 7.07. The van der Waals surface area contributed by atoms with Crippen LogP contribution >= 0.6 is 22.9 Å². The lowest BCUT2D eigenvalue weighted by Gasteiger charge is -1.95. The van der Waals surface area contributed by atoms with Crippen molar-refractivity contribution in [3.05, 3.63) is 33.5 Å². The molecule has 0 atom stereocenters. The van der Waals surface area contributed by atoms with E-state index in [-0.39, 0.29) is 0 Å². The molecule has 0 N–H and O–H groups in total. The SMILES string of the molecule is Cc1cnn(Cc2cnc(Cl)s2)c1. The topological polar surface area (TPSA) is 30.7 Å². The predicted octanol–water partition coefficient (Wildman–Crippen LogP) is 2.35. The highest BCUT2D eigenvalue weighted by atomic mass is 35.5. The lowest BCUT2D eigenvalue weighted by molar-refractivity contribution is 0.693. The van der Waals surface area contributed by atoms with Crippen LogP contribution in [0, 0.1) is 6.92 Å². The molecule has 68 valence electrons. The van der Waals surface area contributed by atoms with Crippen LogP contribution < -0.4 is 0 Å². The summed E-state index contributed by atoms with van der Waals surface area (Å²) in [6.45, 7) is 2.77. The van der Waals surface area contributed by atoms with Crippen LogP contribution in [0.5, 0.6) is 0 Å². The first kappa shape index (κ1) is 8.72. The maximum Gasteiger partial charge on any atom is 0.183 e. The molecule has 0 unspecified atom stereocenters. The van der Waals surface area contributed by atoms with Gasteiger partial charge in [0.15, 0.2) is 4.47 Å². The van der Waals surface area contributed by atoms with Gasteiger partial charge in [0.05, 0.1) is 12.7 Å². The second-order valence-electron chi connectivity index (χ2n) is 2.79. The van der Waals surface area contributed by atoms with E-state index in [2.05, 4.69) is 10.1 Å². The van der Waals surface area contributed by atoms with Crippen molar-refractivity contribution in [1.29, 1.82) is 0 Å². The summed E-state index contributed by atoms with van der Waals surface area (Å²) < 4.78 is 2.46. The third-order valence-electron chi connectivity index (χ3n) is 1.61. The van der Waals surface area contributed by atoms with E-state index in [0.29, 0.717) is 4.47 Å². The highest BCUT2D eigenvalue weighted by Crippen LogP contribution is 2.18. The number of hydrogen-bond acceptors (Lipinski definition) is 3. The number of aryl methyl sites for hydroxylation is 1. The first-order chi connectivity index (χ1) is 6.24. The van der Waals surface area contributed by atoms with Crippen molar-refractivity contribution in [2.24, 2.45) is 0 Å². The average Bonchev–Trinajstić information content (AvgIpc) is 2.62. The van der Waals surface area contributed by atoms with E-state index < -0.39 is 0 Å². The van der Waals surface area contributed by atoms with Crippen LogP contribution in [0.2, 0.25) is 4.47 Å². The molecule has 0 aliphatic heterocycles. The molecule has 2 aromatic heterocycles. The Balaban J connectivity index is 2.14. The molecule has 2 heterocycles. The third kappa shape index (κ3) is 2.08. The van der Waals surface area contributed by atoms with Crippen molar-refractivity contribution in [2.45, 2.75) is 13.5 Å². The molecule has 0 bridgehead atoms. The number of halogens is 1. The summed E-state index contributed by atoms with van der Waals surface area (Å²) in [7, 11) is 0. The van der Waals surface area contributed by atoms with E-state index in [1.165, 1.54) is 11.3 Å². The zero-order chi connectivity index (χ0) is 9.26. The fourth-order valence-corrected chi connectivity index (χ4v) is 2.04. The molecule has 0 saturated heterocycles. The summed E-state index contributed by atoms with van der Waals surface area (Å²) in [5.74, 6) is 0. The van der Waals surface area contributed by atoms with E-state index in [0.717, 1.165) is 17.0 Å². The van der Waals surface area contributed by atoms with E-state index in [9.17, 15) is 0 Å². The van der Waals surface area contributed by atoms with E-state index in [1.807, 2.05) is 24.0 Å². The third-order valence-corrected chi connectivity index (χ3v) is 2.71. The fraction of sp³-hybridized carbons (Fsp3) is 0.250. The Hall–Kier alpha value is -0.870. The maximum atomic E-state index is 5.71. The van der Waals surface area contributed by atoms with Gasteiger partial charge in [0.25, 0.3) is 0 Å². The van der Waals surface area contributed by atoms with Crippen LogP contribution in [0.4, 0.5) is 0 Å². The van der Waals surface area contributed by atoms with Crippen molar-refractivity contribution in [1.82, 2.24) is 14.8 Å². The number of aromatic nitrogens is 3. The molecule has 3 nitrogen and oxygen atoms in total. The summed E-state index contributed by atoms with van der Waals surface area (Å²) in [5, 5.41) is 4.17. The van der Waals surface area contributed by atoms with Crippen LogP contribution in [-0.4, -0.2) is 14.8 Å². The summed E-state index contributed by atoms with van der Waals surface area (Å²) >= 11 is 7.19. The van der Waals surface area contributed by atoms with Gasteiger partial charge in [-0.3, -0.25) is 4.68 Å². The normalized spacial score (nSPS) is 10.6. The van der Waals surface area contributed by atoms with Crippen LogP contribution in [0.25, 0.3) is 0 Å². The molecule has 0 aliphatic carbocycles. The highest BCUT2D eigenvalue weighted by Gasteiger charge is 2.00. The summed E-state index contributed by atoms with van der Waals surface area (Å²) in [6.07, 6.45) is 5.61. The molecule has 0 fully saturated rings. The fourth-order valence-electron chi connectivity index (χ4n) is 1.07. The molecule has 13 heavy (non-hydrogen) atoms. The van der Waals surface area contributed by atoms with E-state index in [4.69, 9.17) is 11.6 Å². The molecule has 0 saturated carbocycles. The molecule has 2 rings (SSSR count). The van der Waals surface area contributed by atoms with Crippen molar-refractivity contribution < 1.29 is 0 Å². The quantitative estimate of drug-likeness (QED) is 0.767. The minimum atomic E-state index is 0.582. The number of hydrogen-bond donors (Lipinski definition) is 0. The van der Waals surface area contributed by atoms with Crippen molar-refractivity contribution in [3.8, 4) is 0 Å². The molecule has 0 aliphatic rings. The zero-order valence-corrected chi connectivity index (χ0v) is 8.64. The van der Waals surface area contributed by atoms with Gasteiger partial charge in [-0.25, -0.2) is 4.98 Å². The van der Waals surface area contributed by atoms with E-state index >= 15 is 0 Å². The number of rotatable bonds is 2. The smallest absolute Gasteiger partial charge is 0.183 e. The van der Waals surface area contributed by atoms with Crippen LogP contribution in [0.3, 0.4) is 0 Å². The van der Waals surface area contributed by atoms with Gasteiger partial charge in [0, 0.05) is 17.3 Å². The number of nitrogens with zero attached hydrogens (tertiary/aromatic N) is 3. The standard InChI is InChI=1S/C8H8ClN3S/c1-6-2-11-12(4-6)5-7-3-10-8(9)13-7/h2-4H,5H2,1H3. The van der Waals surface area contributed by atoms with Crippen LogP contribution in [0.1, 0.15) is 10.4 Å². The van der Waals surface area contributed by atoms with Gasteiger partial charge in [-0.05, 0) is 12.5 Å².